The van der Waals surface area contributed by atoms with Gasteiger partial charge in [-0.25, -0.2) is 4.79 Å². The van der Waals surface area contributed by atoms with Crippen LogP contribution in [0.2, 0.25) is 0 Å². The number of hydrazone groups is 1. The Morgan fingerprint density at radius 3 is 2.36 bits per heavy atom. The van der Waals surface area contributed by atoms with Crippen LogP contribution in [0.25, 0.3) is 17.4 Å². The summed E-state index contributed by atoms with van der Waals surface area (Å²) in [6.07, 6.45) is 4.01. The summed E-state index contributed by atoms with van der Waals surface area (Å²) in [5.41, 5.74) is 2.93. The molecule has 0 saturated heterocycles. The van der Waals surface area contributed by atoms with Gasteiger partial charge in [0.05, 0.1) is 22.5 Å². The number of rotatable bonds is 7. The SMILES string of the molecule is C.CC1=NN(c2ccc(C(=O)O)cc2)C(=O)/C1=C\c1ccc(-c2ccc(C(=O)NCC3CC3)cc2)o1. The third kappa shape index (κ3) is 5.12. The molecule has 8 heteroatoms. The van der Waals surface area contributed by atoms with Crippen molar-refractivity contribution in [3.8, 4) is 11.3 Å². The smallest absolute Gasteiger partial charge is 0.335 e. The van der Waals surface area contributed by atoms with Gasteiger partial charge in [-0.15, -0.1) is 0 Å². The topological polar surface area (TPSA) is 112 Å². The van der Waals surface area contributed by atoms with E-state index >= 15 is 0 Å². The maximum absolute atomic E-state index is 13.0. The molecule has 8 nitrogen and oxygen atoms in total. The van der Waals surface area contributed by atoms with Crippen molar-refractivity contribution in [2.45, 2.75) is 27.2 Å². The summed E-state index contributed by atoms with van der Waals surface area (Å²) >= 11 is 0. The van der Waals surface area contributed by atoms with Crippen LogP contribution in [0, 0.1) is 5.92 Å². The minimum absolute atomic E-state index is 0. The van der Waals surface area contributed by atoms with Crippen molar-refractivity contribution in [2.24, 2.45) is 11.0 Å². The van der Waals surface area contributed by atoms with Crippen molar-refractivity contribution in [1.29, 1.82) is 0 Å². The summed E-state index contributed by atoms with van der Waals surface area (Å²) in [6.45, 7) is 2.45. The maximum atomic E-state index is 13.0. The first kappa shape index (κ1) is 24.7. The lowest BCUT2D eigenvalue weighted by Gasteiger charge is -2.11. The Bertz CT molecular complexity index is 1360. The quantitative estimate of drug-likeness (QED) is 0.445. The van der Waals surface area contributed by atoms with Crippen molar-refractivity contribution in [2.75, 3.05) is 11.6 Å². The second-order valence-electron chi connectivity index (χ2n) is 8.65. The van der Waals surface area contributed by atoms with Gasteiger partial charge in [0.15, 0.2) is 0 Å². The molecule has 1 aromatic heterocycles. The first-order valence-electron chi connectivity index (χ1n) is 11.3. The van der Waals surface area contributed by atoms with Gasteiger partial charge in [0.2, 0.25) is 0 Å². The molecule has 3 aromatic rings. The van der Waals surface area contributed by atoms with Crippen LogP contribution in [0.3, 0.4) is 0 Å². The van der Waals surface area contributed by atoms with Crippen LogP contribution in [-0.4, -0.2) is 35.1 Å². The van der Waals surface area contributed by atoms with Crippen molar-refractivity contribution in [3.05, 3.63) is 83.1 Å². The van der Waals surface area contributed by atoms with Gasteiger partial charge in [-0.05, 0) is 80.3 Å². The largest absolute Gasteiger partial charge is 0.478 e. The fourth-order valence-electron chi connectivity index (χ4n) is 3.78. The second-order valence-corrected chi connectivity index (χ2v) is 8.65. The van der Waals surface area contributed by atoms with Crippen molar-refractivity contribution in [1.82, 2.24) is 5.32 Å². The molecule has 184 valence electrons. The Hall–Kier alpha value is -4.46. The van der Waals surface area contributed by atoms with Crippen molar-refractivity contribution >= 4 is 35.3 Å². The third-order valence-electron chi connectivity index (χ3n) is 6.01. The highest BCUT2D eigenvalue weighted by Gasteiger charge is 2.29. The number of carboxylic acids is 1. The number of hydrogen-bond donors (Lipinski definition) is 2. The lowest BCUT2D eigenvalue weighted by atomic mass is 10.1. The van der Waals surface area contributed by atoms with Gasteiger partial charge in [0.1, 0.15) is 11.5 Å². The summed E-state index contributed by atoms with van der Waals surface area (Å²) in [4.78, 5) is 36.3. The van der Waals surface area contributed by atoms with Crippen LogP contribution < -0.4 is 10.3 Å². The van der Waals surface area contributed by atoms with Crippen LogP contribution in [0.4, 0.5) is 5.69 Å². The number of carbonyl (C=O) groups is 3. The summed E-state index contributed by atoms with van der Waals surface area (Å²) in [6, 6.07) is 16.7. The third-order valence-corrected chi connectivity index (χ3v) is 6.01. The monoisotopic (exact) mass is 485 g/mol. The molecule has 0 spiro atoms. The maximum Gasteiger partial charge on any atom is 0.335 e. The summed E-state index contributed by atoms with van der Waals surface area (Å²) in [7, 11) is 0. The normalized spacial score (nSPS) is 16.0. The standard InChI is InChI=1S/C27H23N3O5.CH4/c1-16-23(26(32)30(29-16)21-10-8-20(9-11-21)27(33)34)14-22-12-13-24(35-22)18-4-6-19(7-5-18)25(31)28-15-17-2-3-17;/h4-14,17H,2-3,15H2,1H3,(H,28,31)(H,33,34);1H4/b23-14-;. The van der Waals surface area contributed by atoms with Gasteiger partial charge in [-0.1, -0.05) is 19.6 Å². The first-order chi connectivity index (χ1) is 16.9. The highest BCUT2D eigenvalue weighted by Crippen LogP contribution is 2.29. The lowest BCUT2D eigenvalue weighted by molar-refractivity contribution is -0.114. The molecule has 1 aliphatic carbocycles. The van der Waals surface area contributed by atoms with Gasteiger partial charge < -0.3 is 14.8 Å². The summed E-state index contributed by atoms with van der Waals surface area (Å²) < 4.78 is 5.93. The number of amides is 2. The average molecular weight is 486 g/mol. The van der Waals surface area contributed by atoms with E-state index in [0.717, 1.165) is 12.1 Å². The predicted molar refractivity (Wildman–Crippen MR) is 138 cm³/mol. The first-order valence-corrected chi connectivity index (χ1v) is 11.3. The van der Waals surface area contributed by atoms with Crippen LogP contribution in [0.5, 0.6) is 0 Å². The summed E-state index contributed by atoms with van der Waals surface area (Å²) in [5, 5.41) is 17.6. The molecule has 0 unspecified atom stereocenters. The van der Waals surface area contributed by atoms with Gasteiger partial charge >= 0.3 is 5.97 Å². The molecule has 36 heavy (non-hydrogen) atoms. The molecule has 0 bridgehead atoms. The number of hydrogen-bond acceptors (Lipinski definition) is 5. The van der Waals surface area contributed by atoms with Crippen LogP contribution >= 0.6 is 0 Å². The molecule has 1 fully saturated rings. The van der Waals surface area contributed by atoms with Gasteiger partial charge in [-0.3, -0.25) is 9.59 Å². The molecule has 2 heterocycles. The van der Waals surface area contributed by atoms with Crippen molar-refractivity contribution in [3.63, 3.8) is 0 Å². The number of aromatic carboxylic acids is 1. The molecule has 0 atom stereocenters. The number of anilines is 1. The molecular formula is C28H27N3O5. The lowest BCUT2D eigenvalue weighted by Crippen LogP contribution is -2.25. The Labute approximate surface area is 208 Å². The van der Waals surface area contributed by atoms with Gasteiger partial charge in [0, 0.05) is 17.7 Å². The van der Waals surface area contributed by atoms with E-state index < -0.39 is 5.97 Å². The van der Waals surface area contributed by atoms with Gasteiger partial charge in [0.25, 0.3) is 11.8 Å². The molecule has 2 amide bonds. The molecule has 1 saturated carbocycles. The van der Waals surface area contributed by atoms with E-state index in [1.165, 1.54) is 30.0 Å². The Kier molecular flexibility index (Phi) is 6.87. The van der Waals surface area contributed by atoms with E-state index in [1.807, 2.05) is 18.2 Å². The van der Waals surface area contributed by atoms with Crippen LogP contribution in [-0.2, 0) is 4.79 Å². The predicted octanol–water partition coefficient (Wildman–Crippen LogP) is 5.23. The van der Waals surface area contributed by atoms with Crippen LogP contribution in [0.1, 0.15) is 53.7 Å². The highest BCUT2D eigenvalue weighted by atomic mass is 16.4. The Morgan fingerprint density at radius 1 is 1.06 bits per heavy atom. The van der Waals surface area contributed by atoms with E-state index in [4.69, 9.17) is 9.52 Å². The zero-order valence-electron chi connectivity index (χ0n) is 19.0. The Balaban J connectivity index is 0.00000304. The molecular weight excluding hydrogens is 458 g/mol. The number of nitrogens with zero attached hydrogens (tertiary/aromatic N) is 2. The fourth-order valence-corrected chi connectivity index (χ4v) is 3.78. The van der Waals surface area contributed by atoms with Crippen molar-refractivity contribution < 1.29 is 23.9 Å². The molecule has 2 N–H and O–H groups in total. The molecule has 1 aliphatic heterocycles. The molecule has 0 radical (unpaired) electrons. The van der Waals surface area contributed by atoms with E-state index in [1.54, 1.807) is 43.3 Å². The Morgan fingerprint density at radius 2 is 1.72 bits per heavy atom. The zero-order valence-corrected chi connectivity index (χ0v) is 19.0. The molecule has 5 rings (SSSR count). The number of furan rings is 1. The average Bonchev–Trinajstić information content (AvgIpc) is 3.51. The second kappa shape index (κ2) is 10.0. The minimum Gasteiger partial charge on any atom is -0.478 e. The number of carbonyl (C=O) groups excluding carboxylic acids is 2. The van der Waals surface area contributed by atoms with E-state index in [2.05, 4.69) is 10.4 Å². The minimum atomic E-state index is -1.04. The van der Waals surface area contributed by atoms with Gasteiger partial charge in [-0.2, -0.15) is 10.1 Å². The number of nitrogens with one attached hydrogen (secondary N) is 1. The zero-order chi connectivity index (χ0) is 24.5. The van der Waals surface area contributed by atoms with E-state index in [0.29, 0.717) is 40.0 Å². The molecule has 2 aliphatic rings. The number of benzene rings is 2. The van der Waals surface area contributed by atoms with E-state index in [-0.39, 0.29) is 24.8 Å². The summed E-state index contributed by atoms with van der Waals surface area (Å²) in [5.74, 6) is 0.286. The highest BCUT2D eigenvalue weighted by molar-refractivity contribution is 6.32. The fraction of sp³-hybridized carbons (Fsp3) is 0.214. The number of carboxylic acid groups (broad SMARTS) is 1. The molecule has 2 aromatic carbocycles. The van der Waals surface area contributed by atoms with E-state index in [9.17, 15) is 14.4 Å². The van der Waals surface area contributed by atoms with Crippen LogP contribution in [0.15, 0.2) is 75.8 Å².